The zero-order valence-corrected chi connectivity index (χ0v) is 5.71. The van der Waals surface area contributed by atoms with Gasteiger partial charge in [-0.2, -0.15) is 0 Å². The van der Waals surface area contributed by atoms with Crippen LogP contribution >= 0.6 is 0 Å². The summed E-state index contributed by atoms with van der Waals surface area (Å²) in [6.45, 7) is -0.491. The second-order valence-electron chi connectivity index (χ2n) is 1.97. The Hall–Kier alpha value is -0.240. The lowest BCUT2D eigenvalue weighted by Gasteiger charge is -2.14. The van der Waals surface area contributed by atoms with Crippen LogP contribution in [0.15, 0.2) is 0 Å². The van der Waals surface area contributed by atoms with Gasteiger partial charge in [0.1, 0.15) is 6.10 Å². The molecule has 0 bridgehead atoms. The normalized spacial score (nSPS) is 15.0. The Kier molecular flexibility index (Phi) is 4.50. The number of rotatable bonds is 5. The van der Waals surface area contributed by atoms with Crippen LogP contribution in [0.1, 0.15) is 0 Å². The average molecular weight is 167 g/mol. The fourth-order valence-corrected chi connectivity index (χ4v) is 0.324. The molecule has 0 aliphatic rings. The molecule has 0 aromatic carbocycles. The van der Waals surface area contributed by atoms with Gasteiger partial charge in [0.15, 0.2) is 6.61 Å². The minimum atomic E-state index is -3.00. The lowest BCUT2D eigenvalue weighted by atomic mass is 10.4. The van der Waals surface area contributed by atoms with Crippen LogP contribution in [0, 0.1) is 6.61 Å². The highest BCUT2D eigenvalue weighted by Crippen LogP contribution is 1.99. The Balaban J connectivity index is 3.28. The molecule has 1 unspecified atom stereocenters. The number of aliphatic hydroxyl groups is 5. The Bertz CT molecular complexity index is 97.6. The van der Waals surface area contributed by atoms with Crippen LogP contribution in [0.4, 0.5) is 0 Å². The predicted molar refractivity (Wildman–Crippen MR) is 32.7 cm³/mol. The van der Waals surface area contributed by atoms with E-state index in [0.717, 1.165) is 0 Å². The molecular formula is C5H11O6. The van der Waals surface area contributed by atoms with Crippen molar-refractivity contribution in [3.05, 3.63) is 6.61 Å². The molecule has 0 aromatic rings. The van der Waals surface area contributed by atoms with Gasteiger partial charge in [-0.05, 0) is 0 Å². The van der Waals surface area contributed by atoms with Crippen LogP contribution in [0.3, 0.4) is 0 Å². The van der Waals surface area contributed by atoms with Crippen molar-refractivity contribution in [2.45, 2.75) is 12.1 Å². The predicted octanol–water partition coefficient (Wildman–Crippen LogP) is -2.85. The summed E-state index contributed by atoms with van der Waals surface area (Å²) >= 11 is 0. The summed E-state index contributed by atoms with van der Waals surface area (Å²) in [5.74, 6) is -3.00. The maximum Gasteiger partial charge on any atom is 0.306 e. The van der Waals surface area contributed by atoms with Gasteiger partial charge in [0.05, 0.1) is 13.2 Å². The molecule has 1 atom stereocenters. The molecule has 0 saturated heterocycles. The minimum absolute atomic E-state index is 0.320. The van der Waals surface area contributed by atoms with Crippen LogP contribution in [-0.2, 0) is 4.74 Å². The summed E-state index contributed by atoms with van der Waals surface area (Å²) in [5, 5.41) is 41.4. The molecule has 0 fully saturated rings. The van der Waals surface area contributed by atoms with Gasteiger partial charge in [-0.15, -0.1) is 0 Å². The topological polar surface area (TPSA) is 110 Å². The SMILES string of the molecule is OCC(O)CO[CH]C(O)(O)O. The number of ether oxygens (including phenoxy) is 1. The summed E-state index contributed by atoms with van der Waals surface area (Å²) in [6, 6.07) is 0. The highest BCUT2D eigenvalue weighted by Gasteiger charge is 2.19. The Labute approximate surface area is 63.3 Å². The first-order valence-corrected chi connectivity index (χ1v) is 2.87. The zero-order chi connectivity index (χ0) is 8.91. The lowest BCUT2D eigenvalue weighted by molar-refractivity contribution is -0.308. The molecule has 1 radical (unpaired) electrons. The quantitative estimate of drug-likeness (QED) is 0.282. The highest BCUT2D eigenvalue weighted by atomic mass is 16.7. The first-order chi connectivity index (χ1) is 4.95. The van der Waals surface area contributed by atoms with Gasteiger partial charge in [0.2, 0.25) is 0 Å². The van der Waals surface area contributed by atoms with E-state index in [2.05, 4.69) is 4.74 Å². The molecule has 0 aromatic heterocycles. The third-order valence-corrected chi connectivity index (χ3v) is 0.741. The molecule has 0 spiro atoms. The van der Waals surface area contributed by atoms with Crippen molar-refractivity contribution in [2.24, 2.45) is 0 Å². The van der Waals surface area contributed by atoms with Gasteiger partial charge in [-0.25, -0.2) is 0 Å². The van der Waals surface area contributed by atoms with E-state index in [-0.39, 0.29) is 6.61 Å². The summed E-state index contributed by atoms with van der Waals surface area (Å²) < 4.78 is 4.27. The molecule has 6 nitrogen and oxygen atoms in total. The minimum Gasteiger partial charge on any atom is -0.394 e. The third-order valence-electron chi connectivity index (χ3n) is 0.741. The fourth-order valence-electron chi connectivity index (χ4n) is 0.324. The lowest BCUT2D eigenvalue weighted by Crippen LogP contribution is -2.30. The molecule has 6 heteroatoms. The largest absolute Gasteiger partial charge is 0.394 e. The van der Waals surface area contributed by atoms with Crippen molar-refractivity contribution in [2.75, 3.05) is 13.2 Å². The van der Waals surface area contributed by atoms with E-state index < -0.39 is 18.7 Å². The Morgan fingerprint density at radius 3 is 2.27 bits per heavy atom. The number of aliphatic hydroxyl groups excluding tert-OH is 2. The van der Waals surface area contributed by atoms with Crippen molar-refractivity contribution < 1.29 is 30.3 Å². The zero-order valence-electron chi connectivity index (χ0n) is 5.71. The van der Waals surface area contributed by atoms with Crippen molar-refractivity contribution in [1.82, 2.24) is 0 Å². The number of hydrogen-bond donors (Lipinski definition) is 5. The highest BCUT2D eigenvalue weighted by molar-refractivity contribution is 4.61. The van der Waals surface area contributed by atoms with E-state index in [9.17, 15) is 0 Å². The van der Waals surface area contributed by atoms with Crippen LogP contribution in [0.5, 0.6) is 0 Å². The molecule has 67 valence electrons. The maximum atomic E-state index is 8.61. The first-order valence-electron chi connectivity index (χ1n) is 2.87. The van der Waals surface area contributed by atoms with E-state index in [4.69, 9.17) is 25.5 Å². The van der Waals surface area contributed by atoms with Crippen LogP contribution in [0.25, 0.3) is 0 Å². The summed E-state index contributed by atoms with van der Waals surface area (Å²) in [4.78, 5) is 0. The van der Waals surface area contributed by atoms with E-state index in [1.165, 1.54) is 0 Å². The molecule has 0 heterocycles. The third kappa shape index (κ3) is 7.66. The first kappa shape index (κ1) is 10.8. The monoisotopic (exact) mass is 167 g/mol. The molecule has 0 aliphatic carbocycles. The molecule has 0 aliphatic heterocycles. The second-order valence-corrected chi connectivity index (χ2v) is 1.97. The molecule has 0 amide bonds. The van der Waals surface area contributed by atoms with E-state index in [0.29, 0.717) is 6.61 Å². The molecule has 5 N–H and O–H groups in total. The Morgan fingerprint density at radius 2 is 1.91 bits per heavy atom. The summed E-state index contributed by atoms with van der Waals surface area (Å²) in [7, 11) is 0. The van der Waals surface area contributed by atoms with Gasteiger partial charge in [0, 0.05) is 0 Å². The maximum absolute atomic E-state index is 8.61. The smallest absolute Gasteiger partial charge is 0.306 e. The van der Waals surface area contributed by atoms with Crippen molar-refractivity contribution in [3.8, 4) is 0 Å². The van der Waals surface area contributed by atoms with E-state index in [1.54, 1.807) is 0 Å². The molecule has 0 rings (SSSR count). The van der Waals surface area contributed by atoms with Gasteiger partial charge in [0.25, 0.3) is 0 Å². The number of hydrogen-bond acceptors (Lipinski definition) is 6. The fraction of sp³-hybridized carbons (Fsp3) is 0.800. The van der Waals surface area contributed by atoms with Gasteiger partial charge < -0.3 is 30.3 Å². The van der Waals surface area contributed by atoms with Crippen molar-refractivity contribution in [1.29, 1.82) is 0 Å². The molecule has 11 heavy (non-hydrogen) atoms. The van der Waals surface area contributed by atoms with Crippen LogP contribution in [-0.4, -0.2) is 50.8 Å². The standard InChI is InChI=1S/C5H11O6/c6-1-4(7)2-11-3-5(8,9)10/h3-4,6-10H,1-2H2. The van der Waals surface area contributed by atoms with Gasteiger partial charge in [-0.3, -0.25) is 0 Å². The van der Waals surface area contributed by atoms with E-state index in [1.807, 2.05) is 0 Å². The van der Waals surface area contributed by atoms with Gasteiger partial charge in [-0.1, -0.05) is 0 Å². The van der Waals surface area contributed by atoms with Crippen LogP contribution in [0.2, 0.25) is 0 Å². The van der Waals surface area contributed by atoms with E-state index >= 15 is 0 Å². The Morgan fingerprint density at radius 1 is 1.36 bits per heavy atom. The molecular weight excluding hydrogens is 156 g/mol. The average Bonchev–Trinajstić information content (AvgIpc) is 1.85. The van der Waals surface area contributed by atoms with Gasteiger partial charge >= 0.3 is 5.97 Å². The second kappa shape index (κ2) is 4.60. The van der Waals surface area contributed by atoms with Crippen LogP contribution < -0.4 is 0 Å². The summed E-state index contributed by atoms with van der Waals surface area (Å²) in [5.41, 5.74) is 0. The van der Waals surface area contributed by atoms with Crippen molar-refractivity contribution in [3.63, 3.8) is 0 Å². The summed E-state index contributed by atoms with van der Waals surface area (Å²) in [6.07, 6.45) is -1.10. The molecule has 0 saturated carbocycles. The van der Waals surface area contributed by atoms with Crippen molar-refractivity contribution >= 4 is 0 Å².